The van der Waals surface area contributed by atoms with Gasteiger partial charge in [0.25, 0.3) is 11.8 Å². The van der Waals surface area contributed by atoms with Crippen molar-refractivity contribution in [3.8, 4) is 11.3 Å². The maximum atomic E-state index is 12.6. The summed E-state index contributed by atoms with van der Waals surface area (Å²) in [5.41, 5.74) is 4.32. The fourth-order valence-electron chi connectivity index (χ4n) is 2.87. The summed E-state index contributed by atoms with van der Waals surface area (Å²) in [6.07, 6.45) is 1.62. The predicted octanol–water partition coefficient (Wildman–Crippen LogP) is 2.30. The van der Waals surface area contributed by atoms with Gasteiger partial charge in [-0.2, -0.15) is 0 Å². The van der Waals surface area contributed by atoms with Crippen LogP contribution in [-0.2, 0) is 16.1 Å². The molecule has 1 unspecified atom stereocenters. The molecule has 2 amide bonds. The Labute approximate surface area is 167 Å². The van der Waals surface area contributed by atoms with E-state index in [2.05, 4.69) is 20.7 Å². The summed E-state index contributed by atoms with van der Waals surface area (Å²) in [6.45, 7) is 1.74. The second-order valence-corrected chi connectivity index (χ2v) is 6.44. The summed E-state index contributed by atoms with van der Waals surface area (Å²) in [5, 5.41) is 4.04. The lowest BCUT2D eigenvalue weighted by molar-refractivity contribution is -0.120. The Morgan fingerprint density at radius 3 is 2.55 bits per heavy atom. The minimum absolute atomic E-state index is 0.0517. The fraction of sp³-hybridized carbons (Fsp3) is 0.143. The van der Waals surface area contributed by atoms with Crippen LogP contribution in [0.15, 0.2) is 76.3 Å². The first-order valence-electron chi connectivity index (χ1n) is 9.13. The molecule has 0 saturated carbocycles. The molecule has 0 spiro atoms. The summed E-state index contributed by atoms with van der Waals surface area (Å²) in [5.74, 6) is 0.351. The van der Waals surface area contributed by atoms with E-state index in [0.717, 1.165) is 5.56 Å². The Balaban J connectivity index is 1.43. The summed E-state index contributed by atoms with van der Waals surface area (Å²) in [7, 11) is 0. The van der Waals surface area contributed by atoms with Crippen LogP contribution >= 0.6 is 0 Å². The third kappa shape index (κ3) is 4.01. The van der Waals surface area contributed by atoms with Gasteiger partial charge in [0, 0.05) is 5.56 Å². The average molecular weight is 389 g/mol. The smallest absolute Gasteiger partial charge is 0.288 e. The van der Waals surface area contributed by atoms with E-state index in [1.807, 2.05) is 48.5 Å². The zero-order valence-corrected chi connectivity index (χ0v) is 15.7. The van der Waals surface area contributed by atoms with E-state index in [0.29, 0.717) is 17.3 Å². The van der Waals surface area contributed by atoms with Crippen molar-refractivity contribution in [2.75, 3.05) is 5.01 Å². The largest absolute Gasteiger partial charge is 0.439 e. The van der Waals surface area contributed by atoms with Gasteiger partial charge in [-0.3, -0.25) is 15.0 Å². The Kier molecular flexibility index (Phi) is 5.07. The van der Waals surface area contributed by atoms with Crippen molar-refractivity contribution in [1.82, 2.24) is 15.7 Å². The van der Waals surface area contributed by atoms with Crippen LogP contribution in [0.5, 0.6) is 0 Å². The zero-order chi connectivity index (χ0) is 20.2. The van der Waals surface area contributed by atoms with Crippen molar-refractivity contribution in [2.45, 2.75) is 19.5 Å². The van der Waals surface area contributed by atoms with Gasteiger partial charge in [0.05, 0.1) is 18.4 Å². The van der Waals surface area contributed by atoms with E-state index >= 15 is 0 Å². The molecule has 2 aromatic carbocycles. The Bertz CT molecular complexity index is 1050. The molecule has 2 N–H and O–H groups in total. The molecular weight excluding hydrogens is 370 g/mol. The monoisotopic (exact) mass is 389 g/mol. The highest BCUT2D eigenvalue weighted by Gasteiger charge is 2.30. The number of hydrogen-bond acceptors (Lipinski definition) is 6. The molecule has 0 radical (unpaired) electrons. The molecule has 0 saturated heterocycles. The first-order valence-corrected chi connectivity index (χ1v) is 9.13. The van der Waals surface area contributed by atoms with E-state index < -0.39 is 11.9 Å². The minimum atomic E-state index is -0.677. The lowest BCUT2D eigenvalue weighted by Gasteiger charge is -2.30. The molecule has 1 aromatic heterocycles. The standard InChI is InChI=1S/C21H19N5O3/c1-14-21(28)26(16-10-6-3-7-11-16)25-19(24-14)20(27)23-13-18-22-12-17(29-18)15-8-4-2-5-9-15/h2-12,14H,13H2,1H3,(H,23,27)(H,24,25). The normalized spacial score (nSPS) is 16.2. The number of nitrogens with zero attached hydrogens (tertiary/aromatic N) is 3. The van der Waals surface area contributed by atoms with E-state index in [1.165, 1.54) is 5.01 Å². The maximum Gasteiger partial charge on any atom is 0.288 e. The number of oxazole rings is 1. The van der Waals surface area contributed by atoms with Crippen molar-refractivity contribution in [3.05, 3.63) is 72.8 Å². The summed E-state index contributed by atoms with van der Waals surface area (Å²) < 4.78 is 5.69. The number of nitrogens with one attached hydrogen (secondary N) is 2. The molecule has 1 aliphatic heterocycles. The van der Waals surface area contributed by atoms with Crippen molar-refractivity contribution < 1.29 is 14.0 Å². The molecule has 29 heavy (non-hydrogen) atoms. The number of amides is 2. The Morgan fingerprint density at radius 1 is 1.14 bits per heavy atom. The highest BCUT2D eigenvalue weighted by Crippen LogP contribution is 2.19. The first kappa shape index (κ1) is 18.4. The van der Waals surface area contributed by atoms with E-state index in [1.54, 1.807) is 25.3 Å². The molecule has 146 valence electrons. The molecule has 0 bridgehead atoms. The first-order chi connectivity index (χ1) is 14.1. The molecule has 2 heterocycles. The van der Waals surface area contributed by atoms with Gasteiger partial charge in [-0.25, -0.2) is 15.0 Å². The number of aromatic nitrogens is 1. The van der Waals surface area contributed by atoms with Crippen molar-refractivity contribution in [2.24, 2.45) is 4.99 Å². The zero-order valence-electron chi connectivity index (χ0n) is 15.7. The number of carbonyl (C=O) groups excluding carboxylic acids is 2. The van der Waals surface area contributed by atoms with Gasteiger partial charge in [-0.05, 0) is 19.1 Å². The van der Waals surface area contributed by atoms with E-state index in [4.69, 9.17) is 4.42 Å². The van der Waals surface area contributed by atoms with Crippen LogP contribution < -0.4 is 15.8 Å². The topological polar surface area (TPSA) is 99.8 Å². The average Bonchev–Trinajstić information content (AvgIpc) is 3.24. The van der Waals surface area contributed by atoms with Gasteiger partial charge >= 0.3 is 0 Å². The second-order valence-electron chi connectivity index (χ2n) is 6.44. The van der Waals surface area contributed by atoms with Crippen LogP contribution in [-0.4, -0.2) is 28.7 Å². The SMILES string of the molecule is CC1N=C(C(=O)NCc2ncc(-c3ccccc3)o2)NN(c2ccccc2)C1=O. The maximum absolute atomic E-state index is 12.6. The number of aliphatic imine (C=N–C) groups is 1. The molecule has 4 rings (SSSR count). The molecule has 3 aromatic rings. The Morgan fingerprint density at radius 2 is 1.83 bits per heavy atom. The van der Waals surface area contributed by atoms with Crippen LogP contribution in [0.1, 0.15) is 12.8 Å². The predicted molar refractivity (Wildman–Crippen MR) is 108 cm³/mol. The summed E-state index contributed by atoms with van der Waals surface area (Å²) in [6, 6.07) is 17.9. The quantitative estimate of drug-likeness (QED) is 0.697. The number of benzene rings is 2. The van der Waals surface area contributed by atoms with E-state index in [9.17, 15) is 9.59 Å². The van der Waals surface area contributed by atoms with Gasteiger partial charge in [0.1, 0.15) is 6.04 Å². The molecule has 1 atom stereocenters. The van der Waals surface area contributed by atoms with Gasteiger partial charge in [0.2, 0.25) is 11.7 Å². The van der Waals surface area contributed by atoms with Crippen LogP contribution in [0, 0.1) is 0 Å². The lowest BCUT2D eigenvalue weighted by atomic mass is 10.2. The van der Waals surface area contributed by atoms with Gasteiger partial charge in [-0.1, -0.05) is 48.5 Å². The number of hydrazine groups is 1. The molecule has 8 nitrogen and oxygen atoms in total. The molecule has 8 heteroatoms. The van der Waals surface area contributed by atoms with Crippen molar-refractivity contribution in [1.29, 1.82) is 0 Å². The van der Waals surface area contributed by atoms with Gasteiger partial charge in [0.15, 0.2) is 5.76 Å². The van der Waals surface area contributed by atoms with Crippen LogP contribution in [0.3, 0.4) is 0 Å². The van der Waals surface area contributed by atoms with Gasteiger partial charge < -0.3 is 9.73 Å². The highest BCUT2D eigenvalue weighted by molar-refractivity contribution is 6.39. The molecule has 1 aliphatic rings. The molecule has 0 fully saturated rings. The molecular formula is C21H19N5O3. The lowest BCUT2D eigenvalue weighted by Crippen LogP contribution is -2.57. The number of para-hydroxylation sites is 1. The second kappa shape index (κ2) is 7.97. The van der Waals surface area contributed by atoms with Crippen molar-refractivity contribution in [3.63, 3.8) is 0 Å². The molecule has 0 aliphatic carbocycles. The van der Waals surface area contributed by atoms with E-state index in [-0.39, 0.29) is 18.3 Å². The number of carbonyl (C=O) groups is 2. The van der Waals surface area contributed by atoms with Crippen LogP contribution in [0.2, 0.25) is 0 Å². The number of hydrogen-bond donors (Lipinski definition) is 2. The van der Waals surface area contributed by atoms with Gasteiger partial charge in [-0.15, -0.1) is 0 Å². The summed E-state index contributed by atoms with van der Waals surface area (Å²) in [4.78, 5) is 33.3. The van der Waals surface area contributed by atoms with Crippen LogP contribution in [0.4, 0.5) is 5.69 Å². The minimum Gasteiger partial charge on any atom is -0.439 e. The van der Waals surface area contributed by atoms with Crippen molar-refractivity contribution >= 4 is 23.3 Å². The highest BCUT2D eigenvalue weighted by atomic mass is 16.4. The third-order valence-electron chi connectivity index (χ3n) is 4.36. The number of anilines is 1. The van der Waals surface area contributed by atoms with Crippen LogP contribution in [0.25, 0.3) is 11.3 Å². The number of amidine groups is 1. The third-order valence-corrected chi connectivity index (χ3v) is 4.36. The fourth-order valence-corrected chi connectivity index (χ4v) is 2.87. The Hall–Kier alpha value is -3.94. The summed E-state index contributed by atoms with van der Waals surface area (Å²) >= 11 is 0. The number of rotatable bonds is 5.